The van der Waals surface area contributed by atoms with Crippen molar-refractivity contribution in [3.63, 3.8) is 0 Å². The average Bonchev–Trinajstić information content (AvgIpc) is 2.94. The van der Waals surface area contributed by atoms with E-state index in [9.17, 15) is 0 Å². The van der Waals surface area contributed by atoms with Gasteiger partial charge >= 0.3 is 0 Å². The molecule has 0 atom stereocenters. The van der Waals surface area contributed by atoms with Crippen LogP contribution in [0, 0.1) is 4.77 Å². The number of aromatic amines is 1. The predicted octanol–water partition coefficient (Wildman–Crippen LogP) is 3.09. The van der Waals surface area contributed by atoms with Crippen molar-refractivity contribution in [3.05, 3.63) is 39.7 Å². The van der Waals surface area contributed by atoms with E-state index < -0.39 is 0 Å². The molecule has 18 heavy (non-hydrogen) atoms. The molecule has 0 saturated heterocycles. The summed E-state index contributed by atoms with van der Waals surface area (Å²) in [4.78, 5) is 7.17. The van der Waals surface area contributed by atoms with E-state index in [4.69, 9.17) is 16.7 Å². The molecular weight excluding hydrogens is 316 g/mol. The molecule has 1 N–H and O–H groups in total. The fourth-order valence-corrected chi connectivity index (χ4v) is 2.51. The van der Waals surface area contributed by atoms with Crippen LogP contribution in [-0.4, -0.2) is 19.7 Å². The first kappa shape index (κ1) is 11.6. The SMILES string of the molecule is S=c1[nH]c2ccc(Br)cc2n1CCc1ncno1. The van der Waals surface area contributed by atoms with E-state index >= 15 is 0 Å². The highest BCUT2D eigenvalue weighted by Gasteiger charge is 2.06. The smallest absolute Gasteiger partial charge is 0.228 e. The van der Waals surface area contributed by atoms with Crippen molar-refractivity contribution in [2.75, 3.05) is 0 Å². The summed E-state index contributed by atoms with van der Waals surface area (Å²) in [6, 6.07) is 6.02. The van der Waals surface area contributed by atoms with Gasteiger partial charge in [-0.1, -0.05) is 21.1 Å². The van der Waals surface area contributed by atoms with Gasteiger partial charge in [-0.3, -0.25) is 0 Å². The van der Waals surface area contributed by atoms with Crippen LogP contribution in [0.3, 0.4) is 0 Å². The maximum absolute atomic E-state index is 5.32. The van der Waals surface area contributed by atoms with Gasteiger partial charge in [-0.25, -0.2) is 0 Å². The molecule has 0 aliphatic rings. The van der Waals surface area contributed by atoms with E-state index in [0.29, 0.717) is 23.6 Å². The normalized spacial score (nSPS) is 11.2. The van der Waals surface area contributed by atoms with Crippen molar-refractivity contribution in [1.82, 2.24) is 19.7 Å². The van der Waals surface area contributed by atoms with Crippen molar-refractivity contribution in [3.8, 4) is 0 Å². The molecule has 7 heteroatoms. The Morgan fingerprint density at radius 1 is 1.44 bits per heavy atom. The highest BCUT2D eigenvalue weighted by atomic mass is 79.9. The molecule has 0 fully saturated rings. The van der Waals surface area contributed by atoms with Gasteiger partial charge in [0.2, 0.25) is 5.89 Å². The summed E-state index contributed by atoms with van der Waals surface area (Å²) in [5.41, 5.74) is 2.09. The van der Waals surface area contributed by atoms with E-state index in [1.54, 1.807) is 0 Å². The summed E-state index contributed by atoms with van der Waals surface area (Å²) in [6.45, 7) is 0.706. The first-order chi connectivity index (χ1) is 8.74. The molecule has 0 aliphatic carbocycles. The standard InChI is InChI=1S/C11H9BrN4OS/c12-7-1-2-8-9(5-7)16(11(18)15-8)4-3-10-13-6-14-17-10/h1-2,5-6H,3-4H2,(H,15,18). The summed E-state index contributed by atoms with van der Waals surface area (Å²) in [6.07, 6.45) is 2.06. The van der Waals surface area contributed by atoms with Crippen LogP contribution in [0.4, 0.5) is 0 Å². The van der Waals surface area contributed by atoms with Crippen molar-refractivity contribution in [2.24, 2.45) is 0 Å². The monoisotopic (exact) mass is 324 g/mol. The molecule has 5 nitrogen and oxygen atoms in total. The van der Waals surface area contributed by atoms with Crippen molar-refractivity contribution in [1.29, 1.82) is 0 Å². The lowest BCUT2D eigenvalue weighted by atomic mass is 10.3. The van der Waals surface area contributed by atoms with Crippen LogP contribution in [-0.2, 0) is 13.0 Å². The number of nitrogens with one attached hydrogen (secondary N) is 1. The topological polar surface area (TPSA) is 59.6 Å². The van der Waals surface area contributed by atoms with Gasteiger partial charge in [-0.15, -0.1) is 0 Å². The number of fused-ring (bicyclic) bond motifs is 1. The minimum Gasteiger partial charge on any atom is -0.340 e. The van der Waals surface area contributed by atoms with Crippen molar-refractivity contribution < 1.29 is 4.52 Å². The Balaban J connectivity index is 1.98. The van der Waals surface area contributed by atoms with Crippen LogP contribution in [0.2, 0.25) is 0 Å². The molecular formula is C11H9BrN4OS. The van der Waals surface area contributed by atoms with Gasteiger partial charge in [-0.2, -0.15) is 4.98 Å². The predicted molar refractivity (Wildman–Crippen MR) is 72.8 cm³/mol. The Morgan fingerprint density at radius 2 is 2.33 bits per heavy atom. The minimum absolute atomic E-state index is 0.612. The highest BCUT2D eigenvalue weighted by molar-refractivity contribution is 9.10. The fourth-order valence-electron chi connectivity index (χ4n) is 1.86. The second-order valence-electron chi connectivity index (χ2n) is 3.83. The zero-order valence-corrected chi connectivity index (χ0v) is 11.7. The number of H-pyrrole nitrogens is 1. The molecule has 92 valence electrons. The molecule has 0 amide bonds. The Hall–Kier alpha value is -1.47. The van der Waals surface area contributed by atoms with Gasteiger partial charge in [0, 0.05) is 17.4 Å². The van der Waals surface area contributed by atoms with Crippen LogP contribution in [0.1, 0.15) is 5.89 Å². The summed E-state index contributed by atoms with van der Waals surface area (Å²) in [5.74, 6) is 0.612. The third-order valence-electron chi connectivity index (χ3n) is 2.69. The maximum atomic E-state index is 5.32. The van der Waals surface area contributed by atoms with Crippen molar-refractivity contribution >= 4 is 39.2 Å². The third-order valence-corrected chi connectivity index (χ3v) is 3.51. The molecule has 0 unspecified atom stereocenters. The van der Waals surface area contributed by atoms with Crippen LogP contribution in [0.15, 0.2) is 33.5 Å². The summed E-state index contributed by atoms with van der Waals surface area (Å²) >= 11 is 8.78. The molecule has 2 heterocycles. The maximum Gasteiger partial charge on any atom is 0.228 e. The number of halogens is 1. The number of aromatic nitrogens is 4. The third kappa shape index (κ3) is 2.11. The van der Waals surface area contributed by atoms with Crippen LogP contribution in [0.25, 0.3) is 11.0 Å². The van der Waals surface area contributed by atoms with E-state index in [1.807, 2.05) is 22.8 Å². The van der Waals surface area contributed by atoms with Gasteiger partial charge < -0.3 is 14.1 Å². The largest absolute Gasteiger partial charge is 0.340 e. The molecule has 3 aromatic rings. The first-order valence-corrected chi connectivity index (χ1v) is 6.58. The van der Waals surface area contributed by atoms with Gasteiger partial charge in [0.25, 0.3) is 0 Å². The summed E-state index contributed by atoms with van der Waals surface area (Å²) in [7, 11) is 0. The van der Waals surface area contributed by atoms with Crippen LogP contribution >= 0.6 is 28.1 Å². The summed E-state index contributed by atoms with van der Waals surface area (Å²) < 4.78 is 8.73. The second kappa shape index (κ2) is 4.66. The number of hydrogen-bond donors (Lipinski definition) is 1. The van der Waals surface area contributed by atoms with E-state index in [1.165, 1.54) is 6.33 Å². The molecule has 2 aromatic heterocycles. The minimum atomic E-state index is 0.612. The number of aryl methyl sites for hydroxylation is 2. The van der Waals surface area contributed by atoms with E-state index in [0.717, 1.165) is 15.5 Å². The van der Waals surface area contributed by atoms with Crippen LogP contribution < -0.4 is 0 Å². The van der Waals surface area contributed by atoms with E-state index in [2.05, 4.69) is 31.1 Å². The number of rotatable bonds is 3. The van der Waals surface area contributed by atoms with Crippen LogP contribution in [0.5, 0.6) is 0 Å². The lowest BCUT2D eigenvalue weighted by molar-refractivity contribution is 0.371. The second-order valence-corrected chi connectivity index (χ2v) is 5.13. The quantitative estimate of drug-likeness (QED) is 0.752. The van der Waals surface area contributed by atoms with Gasteiger partial charge in [0.1, 0.15) is 0 Å². The molecule has 0 spiro atoms. The van der Waals surface area contributed by atoms with Gasteiger partial charge in [0.05, 0.1) is 11.0 Å². The Labute approximate surface area is 116 Å². The number of imidazole rings is 1. The first-order valence-electron chi connectivity index (χ1n) is 5.37. The summed E-state index contributed by atoms with van der Waals surface area (Å²) in [5, 5.41) is 3.58. The fraction of sp³-hybridized carbons (Fsp3) is 0.182. The molecule has 0 bridgehead atoms. The lowest BCUT2D eigenvalue weighted by Crippen LogP contribution is -2.01. The highest BCUT2D eigenvalue weighted by Crippen LogP contribution is 2.20. The Bertz CT molecular complexity index is 731. The van der Waals surface area contributed by atoms with E-state index in [-0.39, 0.29) is 0 Å². The lowest BCUT2D eigenvalue weighted by Gasteiger charge is -2.02. The number of benzene rings is 1. The molecule has 0 saturated carbocycles. The van der Waals surface area contributed by atoms with Gasteiger partial charge in [0.15, 0.2) is 11.1 Å². The number of hydrogen-bond acceptors (Lipinski definition) is 4. The Kier molecular flexibility index (Phi) is 3.00. The molecule has 0 aliphatic heterocycles. The molecule has 0 radical (unpaired) electrons. The molecule has 1 aromatic carbocycles. The number of nitrogens with zero attached hydrogens (tertiary/aromatic N) is 3. The van der Waals surface area contributed by atoms with Gasteiger partial charge in [-0.05, 0) is 30.4 Å². The Morgan fingerprint density at radius 3 is 3.11 bits per heavy atom. The molecule has 3 rings (SSSR count). The zero-order valence-electron chi connectivity index (χ0n) is 9.26. The zero-order chi connectivity index (χ0) is 12.5. The van der Waals surface area contributed by atoms with Crippen molar-refractivity contribution in [2.45, 2.75) is 13.0 Å². The average molecular weight is 325 g/mol.